The highest BCUT2D eigenvalue weighted by Gasteiger charge is 2.24. The minimum atomic E-state index is -1.28. The van der Waals surface area contributed by atoms with Crippen molar-refractivity contribution >= 4 is 0 Å². The predicted molar refractivity (Wildman–Crippen MR) is 35.4 cm³/mol. The van der Waals surface area contributed by atoms with E-state index in [-0.39, 0.29) is 0 Å². The molecular weight excluding hydrogens is 136 g/mol. The summed E-state index contributed by atoms with van der Waals surface area (Å²) in [5.41, 5.74) is 0. The van der Waals surface area contributed by atoms with Crippen LogP contribution in [0, 0.1) is 0 Å². The fourth-order valence-electron chi connectivity index (χ4n) is 0.571. The summed E-state index contributed by atoms with van der Waals surface area (Å²) >= 11 is 0. The molecule has 4 nitrogen and oxygen atoms in total. The number of aliphatic hydroxyl groups is 4. The van der Waals surface area contributed by atoms with Crippen molar-refractivity contribution in [2.24, 2.45) is 0 Å². The van der Waals surface area contributed by atoms with E-state index in [1.54, 1.807) is 0 Å². The van der Waals surface area contributed by atoms with E-state index < -0.39 is 24.4 Å². The van der Waals surface area contributed by atoms with Crippen LogP contribution in [0.15, 0.2) is 0 Å². The maximum Gasteiger partial charge on any atom is 0.108 e. The first-order valence-corrected chi connectivity index (χ1v) is 3.19. The van der Waals surface area contributed by atoms with Gasteiger partial charge in [0.2, 0.25) is 0 Å². The van der Waals surface area contributed by atoms with Gasteiger partial charge in [0.05, 0.1) is 12.2 Å². The van der Waals surface area contributed by atoms with Gasteiger partial charge in [-0.25, -0.2) is 0 Å². The molecule has 0 fully saturated rings. The van der Waals surface area contributed by atoms with Crippen molar-refractivity contribution in [3.63, 3.8) is 0 Å². The Morgan fingerprint density at radius 2 is 0.900 bits per heavy atom. The van der Waals surface area contributed by atoms with Gasteiger partial charge in [0.15, 0.2) is 0 Å². The summed E-state index contributed by atoms with van der Waals surface area (Å²) in [6.45, 7) is 2.69. The molecule has 0 spiro atoms. The third kappa shape index (κ3) is 2.62. The summed E-state index contributed by atoms with van der Waals surface area (Å²) in [5, 5.41) is 35.2. The minimum Gasteiger partial charge on any atom is -0.391 e. The first kappa shape index (κ1) is 9.84. The van der Waals surface area contributed by atoms with Crippen LogP contribution in [0.5, 0.6) is 0 Å². The molecule has 1 unspecified atom stereocenters. The molecule has 0 amide bonds. The highest BCUT2D eigenvalue weighted by Crippen LogP contribution is 2.03. The molecule has 0 aliphatic rings. The Hall–Kier alpha value is -0.160. The molecule has 4 N–H and O–H groups in total. The predicted octanol–water partition coefficient (Wildman–Crippen LogP) is -1.53. The number of hydrogen-bond donors (Lipinski definition) is 4. The van der Waals surface area contributed by atoms with E-state index in [4.69, 9.17) is 20.4 Å². The monoisotopic (exact) mass is 150 g/mol. The zero-order chi connectivity index (χ0) is 8.31. The van der Waals surface area contributed by atoms with Gasteiger partial charge >= 0.3 is 0 Å². The molecule has 4 heteroatoms. The number of aliphatic hydroxyl groups excluding tert-OH is 4. The van der Waals surface area contributed by atoms with Crippen LogP contribution in [0.25, 0.3) is 0 Å². The topological polar surface area (TPSA) is 80.9 Å². The van der Waals surface area contributed by atoms with Gasteiger partial charge in [-0.3, -0.25) is 0 Å². The molecule has 10 heavy (non-hydrogen) atoms. The quantitative estimate of drug-likeness (QED) is 0.393. The van der Waals surface area contributed by atoms with E-state index in [1.165, 1.54) is 13.8 Å². The maximum absolute atomic E-state index is 8.91. The van der Waals surface area contributed by atoms with Crippen molar-refractivity contribution in [1.82, 2.24) is 0 Å². The summed E-state index contributed by atoms with van der Waals surface area (Å²) in [6, 6.07) is 0. The molecule has 0 aliphatic heterocycles. The lowest BCUT2D eigenvalue weighted by atomic mass is 10.1. The first-order chi connectivity index (χ1) is 4.46. The second-order valence-corrected chi connectivity index (χ2v) is 2.46. The van der Waals surface area contributed by atoms with Gasteiger partial charge in [-0.2, -0.15) is 0 Å². The fraction of sp³-hybridized carbons (Fsp3) is 1.00. The average molecular weight is 150 g/mol. The van der Waals surface area contributed by atoms with Crippen LogP contribution in [-0.4, -0.2) is 44.8 Å². The second-order valence-electron chi connectivity index (χ2n) is 2.46. The molecule has 0 saturated carbocycles. The molecule has 0 saturated heterocycles. The van der Waals surface area contributed by atoms with Gasteiger partial charge in [-0.1, -0.05) is 0 Å². The molecule has 0 aromatic rings. The van der Waals surface area contributed by atoms with Crippen molar-refractivity contribution in [3.05, 3.63) is 0 Å². The van der Waals surface area contributed by atoms with E-state index >= 15 is 0 Å². The summed E-state index contributed by atoms with van der Waals surface area (Å²) in [6.07, 6.45) is -4.60. The lowest BCUT2D eigenvalue weighted by Gasteiger charge is -2.21. The summed E-state index contributed by atoms with van der Waals surface area (Å²) in [7, 11) is 0. The van der Waals surface area contributed by atoms with Gasteiger partial charge < -0.3 is 20.4 Å². The third-order valence-electron chi connectivity index (χ3n) is 1.34. The van der Waals surface area contributed by atoms with Gasteiger partial charge in [0, 0.05) is 0 Å². The van der Waals surface area contributed by atoms with Crippen molar-refractivity contribution < 1.29 is 20.4 Å². The molecular formula is C6H14O4. The number of hydrogen-bond acceptors (Lipinski definition) is 4. The molecule has 0 aliphatic carbocycles. The van der Waals surface area contributed by atoms with Gasteiger partial charge in [0.25, 0.3) is 0 Å². The van der Waals surface area contributed by atoms with Crippen molar-refractivity contribution in [1.29, 1.82) is 0 Å². The fourth-order valence-corrected chi connectivity index (χ4v) is 0.571. The molecule has 4 atom stereocenters. The van der Waals surface area contributed by atoms with E-state index in [2.05, 4.69) is 0 Å². The summed E-state index contributed by atoms with van der Waals surface area (Å²) in [5.74, 6) is 0. The minimum absolute atomic E-state index is 1.02. The van der Waals surface area contributed by atoms with Crippen LogP contribution in [0.2, 0.25) is 0 Å². The zero-order valence-electron chi connectivity index (χ0n) is 6.10. The molecule has 0 bridgehead atoms. The van der Waals surface area contributed by atoms with Gasteiger partial charge in [0.1, 0.15) is 12.2 Å². The molecule has 0 aromatic heterocycles. The van der Waals surface area contributed by atoms with Crippen LogP contribution >= 0.6 is 0 Å². The zero-order valence-corrected chi connectivity index (χ0v) is 6.10. The van der Waals surface area contributed by atoms with Crippen LogP contribution in [-0.2, 0) is 0 Å². The van der Waals surface area contributed by atoms with Crippen LogP contribution in [0.3, 0.4) is 0 Å². The highest BCUT2D eigenvalue weighted by molar-refractivity contribution is 4.75. The Kier molecular flexibility index (Phi) is 3.81. The lowest BCUT2D eigenvalue weighted by molar-refractivity contribution is -0.0947. The van der Waals surface area contributed by atoms with Gasteiger partial charge in [-0.05, 0) is 13.8 Å². The Balaban J connectivity index is 3.81. The first-order valence-electron chi connectivity index (χ1n) is 3.19. The van der Waals surface area contributed by atoms with E-state index in [0.29, 0.717) is 0 Å². The Bertz CT molecular complexity index is 79.7. The van der Waals surface area contributed by atoms with E-state index in [0.717, 1.165) is 0 Å². The third-order valence-corrected chi connectivity index (χ3v) is 1.34. The lowest BCUT2D eigenvalue weighted by Crippen LogP contribution is -2.41. The normalized spacial score (nSPS) is 23.4. The largest absolute Gasteiger partial charge is 0.391 e. The Morgan fingerprint density at radius 3 is 1.00 bits per heavy atom. The van der Waals surface area contributed by atoms with Crippen LogP contribution < -0.4 is 0 Å². The Morgan fingerprint density at radius 1 is 0.700 bits per heavy atom. The Labute approximate surface area is 59.7 Å². The standard InChI is InChI=1S/C6H14O4/c1-3(7)5(9)6(10)4(2)8/h3-10H,1-2H3/t3-,4?,5+,6-/m1/s1. The molecule has 0 aromatic carbocycles. The maximum atomic E-state index is 8.91. The van der Waals surface area contributed by atoms with E-state index in [9.17, 15) is 0 Å². The second kappa shape index (κ2) is 3.88. The average Bonchev–Trinajstić information content (AvgIpc) is 1.84. The number of rotatable bonds is 3. The van der Waals surface area contributed by atoms with Crippen molar-refractivity contribution in [2.75, 3.05) is 0 Å². The molecule has 0 heterocycles. The SMILES string of the molecule is CC(O)[C@@H](O)[C@@H](O)[C@@H](C)O. The smallest absolute Gasteiger partial charge is 0.108 e. The van der Waals surface area contributed by atoms with Crippen molar-refractivity contribution in [2.45, 2.75) is 38.3 Å². The molecule has 62 valence electrons. The molecule has 0 radical (unpaired) electrons. The summed E-state index contributed by atoms with van der Waals surface area (Å²) in [4.78, 5) is 0. The van der Waals surface area contributed by atoms with Crippen LogP contribution in [0.1, 0.15) is 13.8 Å². The van der Waals surface area contributed by atoms with Crippen molar-refractivity contribution in [3.8, 4) is 0 Å². The van der Waals surface area contributed by atoms with Gasteiger partial charge in [-0.15, -0.1) is 0 Å². The van der Waals surface area contributed by atoms with Crippen LogP contribution in [0.4, 0.5) is 0 Å². The molecule has 0 rings (SSSR count). The highest BCUT2D eigenvalue weighted by atomic mass is 16.4. The van der Waals surface area contributed by atoms with E-state index in [1.807, 2.05) is 0 Å². The summed E-state index contributed by atoms with van der Waals surface area (Å²) < 4.78 is 0.